The van der Waals surface area contributed by atoms with Crippen molar-refractivity contribution in [2.24, 2.45) is 0 Å². The van der Waals surface area contributed by atoms with Crippen LogP contribution in [0.5, 0.6) is 0 Å². The fraction of sp³-hybridized carbons (Fsp3) is 0.875. The summed E-state index contributed by atoms with van der Waals surface area (Å²) in [6, 6.07) is -0.244. The predicted molar refractivity (Wildman–Crippen MR) is 78.7 cm³/mol. The molecule has 5 heteroatoms. The van der Waals surface area contributed by atoms with E-state index in [1.807, 2.05) is 23.6 Å². The van der Waals surface area contributed by atoms with Crippen molar-refractivity contribution in [2.45, 2.75) is 76.6 Å². The molecule has 0 aromatic carbocycles. The molecule has 2 amide bonds. The molecule has 1 saturated carbocycles. The van der Waals surface area contributed by atoms with Crippen molar-refractivity contribution in [1.29, 1.82) is 0 Å². The smallest absolute Gasteiger partial charge is 0.246 e. The van der Waals surface area contributed by atoms with E-state index < -0.39 is 0 Å². The van der Waals surface area contributed by atoms with E-state index in [2.05, 4.69) is 0 Å². The lowest BCUT2D eigenvalue weighted by molar-refractivity contribution is -0.172. The first-order valence-corrected chi connectivity index (χ1v) is 8.41. The second-order valence-electron chi connectivity index (χ2n) is 6.42. The molecule has 0 aromatic rings. The van der Waals surface area contributed by atoms with Crippen LogP contribution in [0.3, 0.4) is 0 Å². The number of piperazine rings is 1. The minimum Gasteiger partial charge on any atom is -0.378 e. The number of carbonyl (C=O) groups is 2. The summed E-state index contributed by atoms with van der Waals surface area (Å²) in [7, 11) is 0. The highest BCUT2D eigenvalue weighted by atomic mass is 16.5. The van der Waals surface area contributed by atoms with Gasteiger partial charge in [-0.25, -0.2) is 0 Å². The largest absolute Gasteiger partial charge is 0.378 e. The molecule has 2 aliphatic heterocycles. The van der Waals surface area contributed by atoms with Gasteiger partial charge < -0.3 is 14.5 Å². The van der Waals surface area contributed by atoms with Gasteiger partial charge >= 0.3 is 0 Å². The highest BCUT2D eigenvalue weighted by molar-refractivity contribution is 5.97. The maximum atomic E-state index is 12.9. The summed E-state index contributed by atoms with van der Waals surface area (Å²) >= 11 is 0. The number of ether oxygens (including phenoxy) is 1. The molecule has 3 fully saturated rings. The summed E-state index contributed by atoms with van der Waals surface area (Å²) in [6.45, 7) is 5.48. The minimum atomic E-state index is -0.251. The van der Waals surface area contributed by atoms with Gasteiger partial charge in [0.15, 0.2) is 0 Å². The Hall–Kier alpha value is -1.10. The molecule has 118 valence electrons. The second-order valence-corrected chi connectivity index (χ2v) is 6.42. The van der Waals surface area contributed by atoms with Gasteiger partial charge in [-0.05, 0) is 45.4 Å². The Bertz CT molecular complexity index is 420. The van der Waals surface area contributed by atoms with Gasteiger partial charge in [0.2, 0.25) is 11.8 Å². The van der Waals surface area contributed by atoms with Gasteiger partial charge in [-0.1, -0.05) is 6.92 Å². The number of fused-ring (bicyclic) bond motifs is 1. The lowest BCUT2D eigenvalue weighted by Gasteiger charge is -2.52. The molecule has 21 heavy (non-hydrogen) atoms. The van der Waals surface area contributed by atoms with Crippen LogP contribution >= 0.6 is 0 Å². The zero-order valence-corrected chi connectivity index (χ0v) is 13.1. The van der Waals surface area contributed by atoms with Crippen molar-refractivity contribution in [3.05, 3.63) is 0 Å². The second kappa shape index (κ2) is 5.95. The summed E-state index contributed by atoms with van der Waals surface area (Å²) < 4.78 is 5.60. The van der Waals surface area contributed by atoms with Crippen LogP contribution in [0.4, 0.5) is 0 Å². The fourth-order valence-electron chi connectivity index (χ4n) is 4.03. The Morgan fingerprint density at radius 3 is 2.57 bits per heavy atom. The van der Waals surface area contributed by atoms with E-state index in [0.29, 0.717) is 6.42 Å². The summed E-state index contributed by atoms with van der Waals surface area (Å²) in [5.74, 6) is 0.350. The van der Waals surface area contributed by atoms with Crippen molar-refractivity contribution in [3.63, 3.8) is 0 Å². The van der Waals surface area contributed by atoms with E-state index in [1.54, 1.807) is 0 Å². The average molecular weight is 294 g/mol. The van der Waals surface area contributed by atoms with E-state index in [-0.39, 0.29) is 36.0 Å². The Morgan fingerprint density at radius 2 is 1.90 bits per heavy atom. The minimum absolute atomic E-state index is 0.168. The van der Waals surface area contributed by atoms with Crippen LogP contribution < -0.4 is 0 Å². The lowest BCUT2D eigenvalue weighted by Crippen LogP contribution is -2.69. The Labute approximate surface area is 126 Å². The Morgan fingerprint density at radius 1 is 1.14 bits per heavy atom. The molecular formula is C16H26N2O3. The first-order valence-electron chi connectivity index (χ1n) is 8.41. The number of rotatable bonds is 4. The van der Waals surface area contributed by atoms with Gasteiger partial charge in [-0.2, -0.15) is 0 Å². The molecule has 0 bridgehead atoms. The predicted octanol–water partition coefficient (Wildman–Crippen LogP) is 1.56. The molecule has 2 saturated heterocycles. The van der Waals surface area contributed by atoms with Crippen LogP contribution in [0, 0.1) is 0 Å². The highest BCUT2D eigenvalue weighted by Gasteiger charge is 2.50. The Balaban J connectivity index is 1.75. The summed E-state index contributed by atoms with van der Waals surface area (Å²) in [4.78, 5) is 29.3. The van der Waals surface area contributed by atoms with E-state index >= 15 is 0 Å². The quantitative estimate of drug-likeness (QED) is 0.790. The summed E-state index contributed by atoms with van der Waals surface area (Å²) in [5.41, 5.74) is 0. The van der Waals surface area contributed by atoms with E-state index in [0.717, 1.165) is 45.3 Å². The van der Waals surface area contributed by atoms with Crippen LogP contribution in [0.15, 0.2) is 0 Å². The van der Waals surface area contributed by atoms with Crippen LogP contribution in [-0.4, -0.2) is 59.0 Å². The third kappa shape index (κ3) is 2.45. The first kappa shape index (κ1) is 14.8. The zero-order valence-electron chi connectivity index (χ0n) is 13.1. The number of hydrogen-bond donors (Lipinski definition) is 0. The molecule has 0 N–H and O–H groups in total. The number of nitrogens with zero attached hydrogens (tertiary/aromatic N) is 2. The maximum absolute atomic E-state index is 12.9. The molecule has 2 heterocycles. The topological polar surface area (TPSA) is 49.9 Å². The number of piperidine rings is 1. The molecule has 2 unspecified atom stereocenters. The molecule has 0 spiro atoms. The lowest BCUT2D eigenvalue weighted by atomic mass is 9.83. The molecule has 2 atom stereocenters. The number of amides is 2. The van der Waals surface area contributed by atoms with E-state index in [9.17, 15) is 9.59 Å². The third-order valence-corrected chi connectivity index (χ3v) is 5.20. The van der Waals surface area contributed by atoms with Crippen molar-refractivity contribution < 1.29 is 14.3 Å². The van der Waals surface area contributed by atoms with Crippen molar-refractivity contribution in [3.8, 4) is 0 Å². The standard InChI is InChI=1S/C16H26N2O3/c1-3-13-15(19)17-8-6-5-7-14(17)16(20)18(13)11-9-12(10-11)21-4-2/h11-14H,3-10H2,1-2H3. The van der Waals surface area contributed by atoms with Crippen molar-refractivity contribution in [2.75, 3.05) is 13.2 Å². The first-order chi connectivity index (χ1) is 10.2. The Kier molecular flexibility index (Phi) is 4.20. The van der Waals surface area contributed by atoms with Gasteiger partial charge in [0.25, 0.3) is 0 Å². The molecule has 3 rings (SSSR count). The number of carbonyl (C=O) groups excluding carboxylic acids is 2. The number of hydrogen-bond acceptors (Lipinski definition) is 3. The monoisotopic (exact) mass is 294 g/mol. The zero-order chi connectivity index (χ0) is 15.0. The van der Waals surface area contributed by atoms with Crippen molar-refractivity contribution in [1.82, 2.24) is 9.80 Å². The van der Waals surface area contributed by atoms with Crippen LogP contribution in [0.25, 0.3) is 0 Å². The van der Waals surface area contributed by atoms with Crippen LogP contribution in [0.1, 0.15) is 52.4 Å². The molecule has 0 radical (unpaired) electrons. The van der Waals surface area contributed by atoms with Crippen molar-refractivity contribution >= 4 is 11.8 Å². The molecule has 0 aromatic heterocycles. The maximum Gasteiger partial charge on any atom is 0.246 e. The molecule has 5 nitrogen and oxygen atoms in total. The molecule has 3 aliphatic rings. The van der Waals surface area contributed by atoms with Gasteiger partial charge in [0.05, 0.1) is 6.10 Å². The van der Waals surface area contributed by atoms with Crippen LogP contribution in [0.2, 0.25) is 0 Å². The van der Waals surface area contributed by atoms with Gasteiger partial charge in [-0.15, -0.1) is 0 Å². The highest BCUT2D eigenvalue weighted by Crippen LogP contribution is 2.35. The van der Waals surface area contributed by atoms with Crippen LogP contribution in [-0.2, 0) is 14.3 Å². The SMILES string of the molecule is CCOC1CC(N2C(=O)C3CCCCN3C(=O)C2CC)C1. The average Bonchev–Trinajstić information content (AvgIpc) is 2.47. The summed E-state index contributed by atoms with van der Waals surface area (Å²) in [5, 5.41) is 0. The summed E-state index contributed by atoms with van der Waals surface area (Å²) in [6.07, 6.45) is 5.66. The van der Waals surface area contributed by atoms with E-state index in [1.165, 1.54) is 0 Å². The van der Waals surface area contributed by atoms with E-state index in [4.69, 9.17) is 4.74 Å². The molecular weight excluding hydrogens is 268 g/mol. The van der Waals surface area contributed by atoms with Gasteiger partial charge in [-0.3, -0.25) is 9.59 Å². The van der Waals surface area contributed by atoms with Gasteiger partial charge in [0, 0.05) is 19.2 Å². The molecule has 1 aliphatic carbocycles. The fourth-order valence-corrected chi connectivity index (χ4v) is 4.03. The normalized spacial score (nSPS) is 36.5. The third-order valence-electron chi connectivity index (χ3n) is 5.20. The van der Waals surface area contributed by atoms with Gasteiger partial charge in [0.1, 0.15) is 12.1 Å².